The molecule has 6 heteroatoms. The molecule has 0 N–H and O–H groups in total. The second-order valence-electron chi connectivity index (χ2n) is 7.50. The van der Waals surface area contributed by atoms with Gasteiger partial charge in [0.15, 0.2) is 11.6 Å². The van der Waals surface area contributed by atoms with Crippen molar-refractivity contribution >= 4 is 23.3 Å². The first kappa shape index (κ1) is 20.2. The number of nitrogens with zero attached hydrogens (tertiary/aromatic N) is 3. The van der Waals surface area contributed by atoms with Crippen LogP contribution in [0.1, 0.15) is 41.6 Å². The summed E-state index contributed by atoms with van der Waals surface area (Å²) in [7, 11) is 1.67. The van der Waals surface area contributed by atoms with Crippen molar-refractivity contribution in [1.29, 1.82) is 0 Å². The summed E-state index contributed by atoms with van der Waals surface area (Å²) in [5, 5.41) is 0.489. The largest absolute Gasteiger partial charge is 0.325 e. The maximum Gasteiger partial charge on any atom is 0.257 e. The zero-order valence-electron chi connectivity index (χ0n) is 16.7. The Bertz CT molecular complexity index is 1070. The number of Topliss-reactive ketones (excluding diaryl/α,β-unsaturated/α-hetero) is 1. The Morgan fingerprint density at radius 2 is 1.67 bits per heavy atom. The molecule has 1 unspecified atom stereocenters. The fraction of sp³-hybridized carbons (Fsp3) is 0.250. The molecule has 0 radical (unpaired) electrons. The first-order valence-corrected chi connectivity index (χ1v) is 10.4. The molecule has 4 rings (SSSR count). The lowest BCUT2D eigenvalue weighted by Gasteiger charge is -2.44. The molecule has 152 valence electrons. The molecule has 1 amide bonds. The molecule has 30 heavy (non-hydrogen) atoms. The van der Waals surface area contributed by atoms with Crippen LogP contribution in [0.25, 0.3) is 11.4 Å². The number of hydrogen-bond acceptors (Lipinski definition) is 4. The third-order valence-corrected chi connectivity index (χ3v) is 6.11. The first-order chi connectivity index (χ1) is 14.5. The van der Waals surface area contributed by atoms with Crippen molar-refractivity contribution in [1.82, 2.24) is 14.9 Å². The molecule has 2 aromatic carbocycles. The molecule has 3 aromatic rings. The molecule has 1 aromatic heterocycles. The molecule has 5 nitrogen and oxygen atoms in total. The van der Waals surface area contributed by atoms with Gasteiger partial charge in [0.05, 0.1) is 5.56 Å². The summed E-state index contributed by atoms with van der Waals surface area (Å²) < 4.78 is 0. The van der Waals surface area contributed by atoms with Gasteiger partial charge in [-0.3, -0.25) is 9.59 Å². The van der Waals surface area contributed by atoms with Crippen molar-refractivity contribution in [2.24, 2.45) is 0 Å². The minimum absolute atomic E-state index is 0.0134. The lowest BCUT2D eigenvalue weighted by Crippen LogP contribution is -2.54. The van der Waals surface area contributed by atoms with Gasteiger partial charge in [-0.25, -0.2) is 9.97 Å². The number of rotatable bonds is 4. The van der Waals surface area contributed by atoms with E-state index in [1.807, 2.05) is 48.5 Å². The van der Waals surface area contributed by atoms with Crippen molar-refractivity contribution in [2.75, 3.05) is 7.05 Å². The van der Waals surface area contributed by atoms with Gasteiger partial charge in [-0.15, -0.1) is 0 Å². The summed E-state index contributed by atoms with van der Waals surface area (Å²) in [6.45, 7) is 0. The van der Waals surface area contributed by atoms with E-state index in [4.69, 9.17) is 11.6 Å². The summed E-state index contributed by atoms with van der Waals surface area (Å²) in [5.74, 6) is 0.258. The van der Waals surface area contributed by atoms with Crippen LogP contribution in [-0.4, -0.2) is 33.6 Å². The monoisotopic (exact) mass is 419 g/mol. The molecule has 0 spiro atoms. The van der Waals surface area contributed by atoms with Crippen LogP contribution in [0, 0.1) is 0 Å². The van der Waals surface area contributed by atoms with E-state index in [0.29, 0.717) is 34.8 Å². The van der Waals surface area contributed by atoms with Crippen LogP contribution < -0.4 is 0 Å². The smallest absolute Gasteiger partial charge is 0.257 e. The number of benzene rings is 2. The van der Waals surface area contributed by atoms with Gasteiger partial charge in [-0.05, 0) is 25.3 Å². The maximum atomic E-state index is 13.4. The molecule has 1 aliphatic rings. The Labute approximate surface area is 180 Å². The second kappa shape index (κ2) is 8.36. The Balaban J connectivity index is 1.70. The van der Waals surface area contributed by atoms with Crippen LogP contribution in [-0.2, 0) is 10.3 Å². The lowest BCUT2D eigenvalue weighted by molar-refractivity contribution is -0.132. The molecule has 1 atom stereocenters. The van der Waals surface area contributed by atoms with Gasteiger partial charge >= 0.3 is 0 Å². The number of hydrogen-bond donors (Lipinski definition) is 0. The van der Waals surface area contributed by atoms with Crippen LogP contribution in [0.4, 0.5) is 0 Å². The Hall–Kier alpha value is -3.05. The number of aromatic nitrogens is 2. The molecule has 1 fully saturated rings. The topological polar surface area (TPSA) is 63.2 Å². The van der Waals surface area contributed by atoms with Gasteiger partial charge in [0.2, 0.25) is 0 Å². The average molecular weight is 420 g/mol. The molecular weight excluding hydrogens is 398 g/mol. The predicted molar refractivity (Wildman–Crippen MR) is 116 cm³/mol. The van der Waals surface area contributed by atoms with Crippen molar-refractivity contribution < 1.29 is 9.59 Å². The summed E-state index contributed by atoms with van der Waals surface area (Å²) in [6.07, 6.45) is 5.66. The van der Waals surface area contributed by atoms with Crippen LogP contribution in [0.2, 0.25) is 5.02 Å². The third-order valence-electron chi connectivity index (χ3n) is 5.78. The Morgan fingerprint density at radius 3 is 2.33 bits per heavy atom. The highest BCUT2D eigenvalue weighted by atomic mass is 35.5. The van der Waals surface area contributed by atoms with E-state index in [1.54, 1.807) is 13.1 Å². The standard InChI is InChI=1S/C24H22ClN3O2/c1-28(23(30)18-15-26-22(27-16-18)17-9-3-2-4-10-17)24(14-8-7-13-21(24)29)19-11-5-6-12-20(19)25/h2-6,9-12,15-16H,7-8,13-14H2,1H3. The summed E-state index contributed by atoms with van der Waals surface area (Å²) in [4.78, 5) is 36.8. The molecule has 1 saturated carbocycles. The minimum Gasteiger partial charge on any atom is -0.325 e. The highest BCUT2D eigenvalue weighted by Crippen LogP contribution is 2.42. The van der Waals surface area contributed by atoms with Crippen LogP contribution in [0.3, 0.4) is 0 Å². The summed E-state index contributed by atoms with van der Waals surface area (Å²) in [5.41, 5.74) is 0.807. The van der Waals surface area contributed by atoms with Crippen LogP contribution in [0.15, 0.2) is 67.0 Å². The van der Waals surface area contributed by atoms with Gasteiger partial charge in [0, 0.05) is 42.0 Å². The summed E-state index contributed by atoms with van der Waals surface area (Å²) in [6, 6.07) is 16.8. The molecule has 0 aliphatic heterocycles. The van der Waals surface area contributed by atoms with E-state index in [-0.39, 0.29) is 11.7 Å². The van der Waals surface area contributed by atoms with Gasteiger partial charge < -0.3 is 4.90 Å². The first-order valence-electron chi connectivity index (χ1n) is 9.98. The highest BCUT2D eigenvalue weighted by Gasteiger charge is 2.48. The van der Waals surface area contributed by atoms with E-state index in [2.05, 4.69) is 9.97 Å². The van der Waals surface area contributed by atoms with Crippen LogP contribution in [0.5, 0.6) is 0 Å². The van der Waals surface area contributed by atoms with Crippen molar-refractivity contribution in [3.8, 4) is 11.4 Å². The van der Waals surface area contributed by atoms with E-state index >= 15 is 0 Å². The highest BCUT2D eigenvalue weighted by molar-refractivity contribution is 6.31. The van der Waals surface area contributed by atoms with Crippen molar-refractivity contribution in [3.05, 3.63) is 83.1 Å². The van der Waals surface area contributed by atoms with E-state index in [9.17, 15) is 9.59 Å². The summed E-state index contributed by atoms with van der Waals surface area (Å²) >= 11 is 6.48. The molecule has 1 heterocycles. The van der Waals surface area contributed by atoms with Crippen LogP contribution >= 0.6 is 11.6 Å². The predicted octanol–water partition coefficient (Wildman–Crippen LogP) is 4.91. The van der Waals surface area contributed by atoms with Crippen molar-refractivity contribution in [3.63, 3.8) is 0 Å². The Kier molecular flexibility index (Phi) is 5.64. The van der Waals surface area contributed by atoms with Gasteiger partial charge in [0.25, 0.3) is 5.91 Å². The van der Waals surface area contributed by atoms with Gasteiger partial charge in [-0.1, -0.05) is 60.1 Å². The molecule has 0 saturated heterocycles. The number of amides is 1. The Morgan fingerprint density at radius 1 is 1.00 bits per heavy atom. The van der Waals surface area contributed by atoms with Crippen molar-refractivity contribution in [2.45, 2.75) is 31.2 Å². The zero-order valence-corrected chi connectivity index (χ0v) is 17.5. The van der Waals surface area contributed by atoms with Gasteiger partial charge in [-0.2, -0.15) is 0 Å². The average Bonchev–Trinajstić information content (AvgIpc) is 2.80. The van der Waals surface area contributed by atoms with Gasteiger partial charge in [0.1, 0.15) is 5.54 Å². The number of carbonyl (C=O) groups excluding carboxylic acids is 2. The van der Waals surface area contributed by atoms with E-state index in [1.165, 1.54) is 17.3 Å². The quantitative estimate of drug-likeness (QED) is 0.602. The lowest BCUT2D eigenvalue weighted by atomic mass is 9.74. The fourth-order valence-corrected chi connectivity index (χ4v) is 4.46. The normalized spacial score (nSPS) is 18.8. The van der Waals surface area contributed by atoms with E-state index < -0.39 is 5.54 Å². The number of likely N-dealkylation sites (N-methyl/N-ethyl adjacent to an activating group) is 1. The maximum absolute atomic E-state index is 13.4. The minimum atomic E-state index is -1.08. The number of ketones is 1. The fourth-order valence-electron chi connectivity index (χ4n) is 4.17. The SMILES string of the molecule is CN(C(=O)c1cnc(-c2ccccc2)nc1)C1(c2ccccc2Cl)CCCCC1=O. The number of carbonyl (C=O) groups is 2. The van der Waals surface area contributed by atoms with E-state index in [0.717, 1.165) is 18.4 Å². The molecular formula is C24H22ClN3O2. The third kappa shape index (κ3) is 3.50. The zero-order chi connectivity index (χ0) is 21.1. The number of halogens is 1. The molecule has 0 bridgehead atoms. The second-order valence-corrected chi connectivity index (χ2v) is 7.90. The molecule has 1 aliphatic carbocycles.